The fraction of sp³-hybridized carbons (Fsp3) is 0.111. The van der Waals surface area contributed by atoms with Crippen LogP contribution in [0.15, 0.2) is 23.3 Å². The Bertz CT molecular complexity index is 634. The van der Waals surface area contributed by atoms with E-state index in [-0.39, 0.29) is 12.5 Å². The van der Waals surface area contributed by atoms with Crippen LogP contribution in [0.3, 0.4) is 0 Å². The second kappa shape index (κ2) is 6.11. The van der Waals surface area contributed by atoms with E-state index in [1.807, 2.05) is 22.6 Å². The van der Waals surface area contributed by atoms with Gasteiger partial charge in [0.1, 0.15) is 0 Å². The van der Waals surface area contributed by atoms with Crippen molar-refractivity contribution in [1.82, 2.24) is 25.9 Å². The number of hydrogen-bond donors (Lipinski definition) is 2. The van der Waals surface area contributed by atoms with Crippen molar-refractivity contribution in [3.8, 4) is 0 Å². The number of aromatic nitrogens is 4. The number of benzene rings is 1. The molecule has 0 aliphatic heterocycles. The van der Waals surface area contributed by atoms with Crippen LogP contribution in [0.25, 0.3) is 10.4 Å². The zero-order valence-electron chi connectivity index (χ0n) is 9.41. The van der Waals surface area contributed by atoms with Gasteiger partial charge in [-0.3, -0.25) is 4.79 Å². The fourth-order valence-corrected chi connectivity index (χ4v) is 1.92. The first-order chi connectivity index (χ1) is 9.20. The highest BCUT2D eigenvalue weighted by Crippen LogP contribution is 2.22. The molecule has 0 aliphatic rings. The zero-order chi connectivity index (χ0) is 13.7. The van der Waals surface area contributed by atoms with E-state index in [1.165, 1.54) is 0 Å². The van der Waals surface area contributed by atoms with Crippen molar-refractivity contribution in [3.63, 3.8) is 0 Å². The first-order valence-electron chi connectivity index (χ1n) is 5.06. The Labute approximate surface area is 120 Å². The second-order valence-electron chi connectivity index (χ2n) is 3.37. The van der Waals surface area contributed by atoms with E-state index in [0.717, 1.165) is 0 Å². The lowest BCUT2D eigenvalue weighted by Crippen LogP contribution is -2.23. The van der Waals surface area contributed by atoms with Crippen LogP contribution in [0.4, 0.5) is 5.69 Å². The van der Waals surface area contributed by atoms with Gasteiger partial charge in [-0.15, -0.1) is 10.2 Å². The van der Waals surface area contributed by atoms with Crippen molar-refractivity contribution >= 4 is 34.2 Å². The van der Waals surface area contributed by atoms with E-state index in [9.17, 15) is 4.79 Å². The van der Waals surface area contributed by atoms with E-state index in [0.29, 0.717) is 20.6 Å². The topological polar surface area (TPSA) is 132 Å². The van der Waals surface area contributed by atoms with Crippen molar-refractivity contribution in [2.45, 2.75) is 6.54 Å². The van der Waals surface area contributed by atoms with Crippen LogP contribution in [-0.4, -0.2) is 26.5 Å². The van der Waals surface area contributed by atoms with E-state index < -0.39 is 0 Å². The molecular weight excluding hydrogens is 363 g/mol. The average molecular weight is 370 g/mol. The normalized spacial score (nSPS) is 9.74. The molecule has 1 heterocycles. The summed E-state index contributed by atoms with van der Waals surface area (Å²) in [5, 5.41) is 19.3. The van der Waals surface area contributed by atoms with Gasteiger partial charge < -0.3 is 5.32 Å². The minimum atomic E-state index is -0.268. The van der Waals surface area contributed by atoms with E-state index in [2.05, 4.69) is 36.0 Å². The van der Waals surface area contributed by atoms with Crippen LogP contribution in [0.1, 0.15) is 16.2 Å². The highest BCUT2D eigenvalue weighted by Gasteiger charge is 2.08. The van der Waals surface area contributed by atoms with Gasteiger partial charge in [-0.1, -0.05) is 16.4 Å². The summed E-state index contributed by atoms with van der Waals surface area (Å²) in [5.74, 6) is 0.129. The lowest BCUT2D eigenvalue weighted by molar-refractivity contribution is 0.0950. The molecule has 0 radical (unpaired) electrons. The van der Waals surface area contributed by atoms with Crippen LogP contribution in [0.2, 0.25) is 0 Å². The number of aromatic amines is 1. The maximum absolute atomic E-state index is 11.9. The number of nitrogens with one attached hydrogen (secondary N) is 2. The molecule has 10 heteroatoms. The van der Waals surface area contributed by atoms with Crippen molar-refractivity contribution in [2.24, 2.45) is 5.11 Å². The molecule has 0 spiro atoms. The van der Waals surface area contributed by atoms with E-state index >= 15 is 0 Å². The Balaban J connectivity index is 2.07. The molecule has 0 unspecified atom stereocenters. The van der Waals surface area contributed by atoms with Crippen LogP contribution in [-0.2, 0) is 6.54 Å². The molecule has 1 amide bonds. The third kappa shape index (κ3) is 3.39. The molecule has 2 rings (SSSR count). The van der Waals surface area contributed by atoms with Crippen LogP contribution >= 0.6 is 22.6 Å². The predicted octanol–water partition coefficient (Wildman–Crippen LogP) is 1.68. The summed E-state index contributed by atoms with van der Waals surface area (Å²) >= 11 is 2.00. The maximum atomic E-state index is 11.9. The molecule has 0 saturated heterocycles. The smallest absolute Gasteiger partial charge is 0.251 e. The average Bonchev–Trinajstić information content (AvgIpc) is 2.91. The number of H-pyrrole nitrogens is 1. The molecule has 1 aromatic carbocycles. The first kappa shape index (κ1) is 13.2. The summed E-state index contributed by atoms with van der Waals surface area (Å²) in [7, 11) is 0. The van der Waals surface area contributed by atoms with Gasteiger partial charge in [-0.2, -0.15) is 5.21 Å². The van der Waals surface area contributed by atoms with E-state index in [4.69, 9.17) is 5.53 Å². The molecule has 0 aliphatic carbocycles. The molecule has 19 heavy (non-hydrogen) atoms. The SMILES string of the molecule is [N-]=[N+]=Nc1ccc(C(=O)NCc2nn[nH]n2)cc1I. The van der Waals surface area contributed by atoms with Gasteiger partial charge in [0.05, 0.1) is 12.2 Å². The Morgan fingerprint density at radius 3 is 3.05 bits per heavy atom. The van der Waals surface area contributed by atoms with Gasteiger partial charge >= 0.3 is 0 Å². The summed E-state index contributed by atoms with van der Waals surface area (Å²) in [6, 6.07) is 4.80. The molecule has 0 fully saturated rings. The predicted molar refractivity (Wildman–Crippen MR) is 73.3 cm³/mol. The molecule has 9 nitrogen and oxygen atoms in total. The maximum Gasteiger partial charge on any atom is 0.251 e. The molecule has 0 bridgehead atoms. The number of tetrazole rings is 1. The number of carbonyl (C=O) groups excluding carboxylic acids is 1. The summed E-state index contributed by atoms with van der Waals surface area (Å²) < 4.78 is 0.697. The highest BCUT2D eigenvalue weighted by molar-refractivity contribution is 14.1. The number of halogens is 1. The van der Waals surface area contributed by atoms with Crippen LogP contribution in [0.5, 0.6) is 0 Å². The Hall–Kier alpha value is -2.20. The number of nitrogens with zero attached hydrogens (tertiary/aromatic N) is 6. The van der Waals surface area contributed by atoms with Crippen LogP contribution in [0, 0.1) is 3.57 Å². The number of rotatable bonds is 4. The number of hydrogen-bond acceptors (Lipinski definition) is 5. The standard InChI is InChI=1S/C9H7IN8O/c10-6-3-5(1-2-7(6)13-16-11)9(19)12-4-8-14-17-18-15-8/h1-3H,4H2,(H,12,19)(H,14,15,17,18). The molecule has 0 atom stereocenters. The monoisotopic (exact) mass is 370 g/mol. The number of carbonyl (C=O) groups is 1. The lowest BCUT2D eigenvalue weighted by Gasteiger charge is -2.04. The fourth-order valence-electron chi connectivity index (χ4n) is 1.30. The van der Waals surface area contributed by atoms with Crippen molar-refractivity contribution < 1.29 is 4.79 Å². The summed E-state index contributed by atoms with van der Waals surface area (Å²) in [5.41, 5.74) is 9.31. The largest absolute Gasteiger partial charge is 0.345 e. The van der Waals surface area contributed by atoms with Gasteiger partial charge in [0.25, 0.3) is 5.91 Å². The number of azide groups is 1. The van der Waals surface area contributed by atoms with Crippen molar-refractivity contribution in [1.29, 1.82) is 0 Å². The Morgan fingerprint density at radius 2 is 2.42 bits per heavy atom. The molecule has 96 valence electrons. The molecule has 1 aromatic heterocycles. The van der Waals surface area contributed by atoms with Crippen LogP contribution < -0.4 is 5.32 Å². The zero-order valence-corrected chi connectivity index (χ0v) is 11.6. The van der Waals surface area contributed by atoms with Gasteiger partial charge in [0.2, 0.25) is 0 Å². The minimum absolute atomic E-state index is 0.185. The van der Waals surface area contributed by atoms with Crippen molar-refractivity contribution in [3.05, 3.63) is 43.6 Å². The summed E-state index contributed by atoms with van der Waals surface area (Å²) in [6.45, 7) is 0.185. The number of amides is 1. The minimum Gasteiger partial charge on any atom is -0.345 e. The molecular formula is C9H7IN8O. The quantitative estimate of drug-likeness (QED) is 0.367. The van der Waals surface area contributed by atoms with Gasteiger partial charge in [-0.05, 0) is 40.3 Å². The van der Waals surface area contributed by atoms with Gasteiger partial charge in [-0.25, -0.2) is 0 Å². The second-order valence-corrected chi connectivity index (χ2v) is 4.53. The van der Waals surface area contributed by atoms with E-state index in [1.54, 1.807) is 18.2 Å². The third-order valence-corrected chi connectivity index (χ3v) is 3.02. The first-order valence-corrected chi connectivity index (χ1v) is 6.14. The summed E-state index contributed by atoms with van der Waals surface area (Å²) in [4.78, 5) is 14.6. The molecule has 2 N–H and O–H groups in total. The molecule has 0 saturated carbocycles. The molecule has 2 aromatic rings. The van der Waals surface area contributed by atoms with Gasteiger partial charge in [0.15, 0.2) is 5.82 Å². The Kier molecular flexibility index (Phi) is 4.26. The Morgan fingerprint density at radius 1 is 1.58 bits per heavy atom. The van der Waals surface area contributed by atoms with Gasteiger partial charge in [0, 0.05) is 14.0 Å². The lowest BCUT2D eigenvalue weighted by atomic mass is 10.2. The highest BCUT2D eigenvalue weighted by atomic mass is 127. The van der Waals surface area contributed by atoms with Crippen molar-refractivity contribution in [2.75, 3.05) is 0 Å². The summed E-state index contributed by atoms with van der Waals surface area (Å²) in [6.07, 6.45) is 0. The third-order valence-electron chi connectivity index (χ3n) is 2.16.